The predicted molar refractivity (Wildman–Crippen MR) is 82.2 cm³/mol. The second-order valence-electron chi connectivity index (χ2n) is 4.84. The molecule has 0 saturated heterocycles. The first kappa shape index (κ1) is 15.3. The van der Waals surface area contributed by atoms with E-state index in [4.69, 9.17) is 4.74 Å². The first-order valence-electron chi connectivity index (χ1n) is 7.19. The van der Waals surface area contributed by atoms with Gasteiger partial charge in [0.1, 0.15) is 5.69 Å². The maximum absolute atomic E-state index is 12.0. The number of H-pyrrole nitrogens is 1. The third-order valence-electron chi connectivity index (χ3n) is 3.12. The van der Waals surface area contributed by atoms with Gasteiger partial charge in [0.25, 0.3) is 5.91 Å². The monoisotopic (exact) mass is 287 g/mol. The Hall–Kier alpha value is -2.14. The van der Waals surface area contributed by atoms with Gasteiger partial charge < -0.3 is 10.1 Å². The smallest absolute Gasteiger partial charge is 0.269 e. The quantitative estimate of drug-likeness (QED) is 0.769. The van der Waals surface area contributed by atoms with Crippen LogP contribution in [0.25, 0.3) is 11.3 Å². The number of amides is 1. The summed E-state index contributed by atoms with van der Waals surface area (Å²) in [6.45, 7) is 5.95. The Bertz CT molecular complexity index is 575. The molecule has 0 saturated carbocycles. The van der Waals surface area contributed by atoms with Crippen molar-refractivity contribution in [2.24, 2.45) is 0 Å². The Balaban J connectivity index is 1.90. The zero-order chi connectivity index (χ0) is 15.1. The van der Waals surface area contributed by atoms with Gasteiger partial charge in [0, 0.05) is 25.3 Å². The van der Waals surface area contributed by atoms with Crippen molar-refractivity contribution in [1.82, 2.24) is 15.5 Å². The van der Waals surface area contributed by atoms with Gasteiger partial charge in [0.2, 0.25) is 0 Å². The summed E-state index contributed by atoms with van der Waals surface area (Å²) in [5.74, 6) is -0.141. The summed E-state index contributed by atoms with van der Waals surface area (Å²) < 4.78 is 5.22. The largest absolute Gasteiger partial charge is 0.382 e. The fourth-order valence-corrected chi connectivity index (χ4v) is 1.93. The summed E-state index contributed by atoms with van der Waals surface area (Å²) in [5.41, 5.74) is 3.44. The molecule has 0 aliphatic rings. The molecule has 0 unspecified atom stereocenters. The molecule has 0 atom stereocenters. The van der Waals surface area contributed by atoms with Crippen LogP contribution in [-0.4, -0.2) is 35.9 Å². The lowest BCUT2D eigenvalue weighted by Gasteiger charge is -2.03. The van der Waals surface area contributed by atoms with Crippen molar-refractivity contribution in [3.8, 4) is 11.3 Å². The molecular weight excluding hydrogens is 266 g/mol. The molecule has 2 N–H and O–H groups in total. The highest BCUT2D eigenvalue weighted by atomic mass is 16.5. The second-order valence-corrected chi connectivity index (χ2v) is 4.84. The molecule has 1 amide bonds. The van der Waals surface area contributed by atoms with Gasteiger partial charge in [-0.1, -0.05) is 29.8 Å². The molecule has 5 nitrogen and oxygen atoms in total. The van der Waals surface area contributed by atoms with Crippen molar-refractivity contribution >= 4 is 5.91 Å². The van der Waals surface area contributed by atoms with Crippen molar-refractivity contribution in [2.45, 2.75) is 20.3 Å². The molecule has 2 rings (SSSR count). The lowest BCUT2D eigenvalue weighted by Crippen LogP contribution is -2.25. The van der Waals surface area contributed by atoms with Gasteiger partial charge >= 0.3 is 0 Å². The molecule has 1 aromatic carbocycles. The van der Waals surface area contributed by atoms with Crippen molar-refractivity contribution < 1.29 is 9.53 Å². The topological polar surface area (TPSA) is 67.0 Å². The average Bonchev–Trinajstić information content (AvgIpc) is 2.97. The van der Waals surface area contributed by atoms with E-state index in [1.54, 1.807) is 6.07 Å². The minimum absolute atomic E-state index is 0.141. The van der Waals surface area contributed by atoms with Crippen LogP contribution in [0.2, 0.25) is 0 Å². The zero-order valence-electron chi connectivity index (χ0n) is 12.5. The maximum atomic E-state index is 12.0. The minimum Gasteiger partial charge on any atom is -0.382 e. The minimum atomic E-state index is -0.141. The molecule has 1 aromatic heterocycles. The van der Waals surface area contributed by atoms with E-state index in [-0.39, 0.29) is 5.91 Å². The van der Waals surface area contributed by atoms with Crippen LogP contribution in [-0.2, 0) is 4.74 Å². The molecule has 5 heteroatoms. The molecule has 2 aromatic rings. The number of rotatable bonds is 7. The summed E-state index contributed by atoms with van der Waals surface area (Å²) in [7, 11) is 0. The number of ether oxygens (including phenoxy) is 1. The van der Waals surface area contributed by atoms with Gasteiger partial charge in [-0.05, 0) is 26.3 Å². The van der Waals surface area contributed by atoms with Crippen LogP contribution in [0, 0.1) is 6.92 Å². The molecule has 0 bridgehead atoms. The molecule has 1 heterocycles. The van der Waals surface area contributed by atoms with Crippen LogP contribution in [0.1, 0.15) is 29.4 Å². The average molecular weight is 287 g/mol. The molecule has 112 valence electrons. The van der Waals surface area contributed by atoms with Gasteiger partial charge in [-0.25, -0.2) is 0 Å². The molecule has 0 aliphatic heterocycles. The van der Waals surface area contributed by atoms with E-state index in [9.17, 15) is 4.79 Å². The molecule has 0 radical (unpaired) electrons. The first-order valence-corrected chi connectivity index (χ1v) is 7.19. The summed E-state index contributed by atoms with van der Waals surface area (Å²) in [4.78, 5) is 12.0. The Morgan fingerprint density at radius 2 is 2.10 bits per heavy atom. The number of nitrogens with one attached hydrogen (secondary N) is 2. The Morgan fingerprint density at radius 1 is 1.33 bits per heavy atom. The summed E-state index contributed by atoms with van der Waals surface area (Å²) >= 11 is 0. The van der Waals surface area contributed by atoms with E-state index < -0.39 is 0 Å². The number of nitrogens with zero attached hydrogens (tertiary/aromatic N) is 1. The predicted octanol–water partition coefficient (Wildman–Crippen LogP) is 2.54. The van der Waals surface area contributed by atoms with E-state index in [1.807, 2.05) is 38.1 Å². The number of aromatic amines is 1. The van der Waals surface area contributed by atoms with Gasteiger partial charge in [-0.2, -0.15) is 5.10 Å². The number of benzene rings is 1. The van der Waals surface area contributed by atoms with Crippen molar-refractivity contribution in [2.75, 3.05) is 19.8 Å². The fraction of sp³-hybridized carbons (Fsp3) is 0.375. The third-order valence-corrected chi connectivity index (χ3v) is 3.12. The van der Waals surface area contributed by atoms with E-state index in [1.165, 1.54) is 5.56 Å². The van der Waals surface area contributed by atoms with E-state index >= 15 is 0 Å². The standard InChI is InChI=1S/C16H21N3O2/c1-3-21-10-4-9-17-16(20)15-11-14(18-19-15)13-7-5-12(2)6-8-13/h5-8,11H,3-4,9-10H2,1-2H3,(H,17,20)(H,18,19). The highest BCUT2D eigenvalue weighted by molar-refractivity contribution is 5.93. The van der Waals surface area contributed by atoms with Crippen LogP contribution >= 0.6 is 0 Å². The van der Waals surface area contributed by atoms with Crippen LogP contribution in [0.4, 0.5) is 0 Å². The van der Waals surface area contributed by atoms with Crippen LogP contribution in [0.5, 0.6) is 0 Å². The Kier molecular flexibility index (Phi) is 5.51. The number of hydrogen-bond acceptors (Lipinski definition) is 3. The second kappa shape index (κ2) is 7.59. The number of aryl methyl sites for hydroxylation is 1. The van der Waals surface area contributed by atoms with Crippen LogP contribution in [0.3, 0.4) is 0 Å². The molecule has 0 aliphatic carbocycles. The summed E-state index contributed by atoms with van der Waals surface area (Å²) in [5, 5.41) is 9.80. The number of carbonyl (C=O) groups excluding carboxylic acids is 1. The molecule has 21 heavy (non-hydrogen) atoms. The highest BCUT2D eigenvalue weighted by Gasteiger charge is 2.10. The van der Waals surface area contributed by atoms with Crippen molar-refractivity contribution in [1.29, 1.82) is 0 Å². The van der Waals surface area contributed by atoms with E-state index in [0.29, 0.717) is 25.5 Å². The lowest BCUT2D eigenvalue weighted by atomic mass is 10.1. The Morgan fingerprint density at radius 3 is 2.81 bits per heavy atom. The zero-order valence-corrected chi connectivity index (χ0v) is 12.5. The van der Waals surface area contributed by atoms with Gasteiger partial charge in [-0.15, -0.1) is 0 Å². The van der Waals surface area contributed by atoms with Crippen LogP contribution in [0.15, 0.2) is 30.3 Å². The fourth-order valence-electron chi connectivity index (χ4n) is 1.93. The Labute approximate surface area is 124 Å². The van der Waals surface area contributed by atoms with Crippen molar-refractivity contribution in [3.63, 3.8) is 0 Å². The SMILES string of the molecule is CCOCCCNC(=O)c1cc(-c2ccc(C)cc2)n[nH]1. The number of hydrogen-bond donors (Lipinski definition) is 2. The summed E-state index contributed by atoms with van der Waals surface area (Å²) in [6, 6.07) is 9.81. The van der Waals surface area contributed by atoms with E-state index in [0.717, 1.165) is 17.7 Å². The highest BCUT2D eigenvalue weighted by Crippen LogP contribution is 2.18. The van der Waals surface area contributed by atoms with Gasteiger partial charge in [0.05, 0.1) is 5.69 Å². The normalized spacial score (nSPS) is 10.6. The van der Waals surface area contributed by atoms with Gasteiger partial charge in [-0.3, -0.25) is 9.89 Å². The molecule has 0 spiro atoms. The number of aromatic nitrogens is 2. The van der Waals surface area contributed by atoms with Crippen molar-refractivity contribution in [3.05, 3.63) is 41.6 Å². The molecule has 0 fully saturated rings. The third kappa shape index (κ3) is 4.43. The van der Waals surface area contributed by atoms with Crippen LogP contribution < -0.4 is 5.32 Å². The molecular formula is C16H21N3O2. The lowest BCUT2D eigenvalue weighted by molar-refractivity contribution is 0.0939. The first-order chi connectivity index (χ1) is 10.2. The summed E-state index contributed by atoms with van der Waals surface area (Å²) in [6.07, 6.45) is 0.804. The maximum Gasteiger partial charge on any atom is 0.269 e. The number of carbonyl (C=O) groups is 1. The van der Waals surface area contributed by atoms with E-state index in [2.05, 4.69) is 15.5 Å². The van der Waals surface area contributed by atoms with Gasteiger partial charge in [0.15, 0.2) is 0 Å².